The minimum atomic E-state index is -4.95. The topological polar surface area (TPSA) is 237 Å². The number of aliphatic hydroxyl groups excluding tert-OH is 1. The van der Waals surface area contributed by atoms with Gasteiger partial charge in [-0.25, -0.2) is 9.13 Å². The molecule has 0 aromatic heterocycles. The number of esters is 4. The number of phosphoric acid groups is 2. The Kier molecular flexibility index (Phi) is 62.7. The second-order valence-corrected chi connectivity index (χ2v) is 29.6. The van der Waals surface area contributed by atoms with Crippen LogP contribution in [0.1, 0.15) is 369 Å². The van der Waals surface area contributed by atoms with Crippen molar-refractivity contribution in [2.45, 2.75) is 387 Å². The molecule has 6 atom stereocenters. The van der Waals surface area contributed by atoms with Crippen LogP contribution in [0.5, 0.6) is 0 Å². The maximum atomic E-state index is 13.1. The Morgan fingerprint density at radius 1 is 0.319 bits per heavy atom. The highest BCUT2D eigenvalue weighted by Gasteiger charge is 2.30. The summed E-state index contributed by atoms with van der Waals surface area (Å²) in [5.41, 5.74) is 0. The fourth-order valence-corrected chi connectivity index (χ4v) is 12.5. The molecule has 0 rings (SSSR count). The number of unbranched alkanes of at least 4 members (excludes halogenated alkanes) is 40. The van der Waals surface area contributed by atoms with E-state index >= 15 is 0 Å². The van der Waals surface area contributed by atoms with Gasteiger partial charge in [-0.15, -0.1) is 0 Å². The summed E-state index contributed by atoms with van der Waals surface area (Å²) in [5.74, 6) is -0.624. The molecule has 0 fully saturated rings. The van der Waals surface area contributed by atoms with Crippen molar-refractivity contribution in [3.05, 3.63) is 0 Å². The van der Waals surface area contributed by atoms with Crippen molar-refractivity contribution >= 4 is 39.5 Å². The van der Waals surface area contributed by atoms with Crippen LogP contribution < -0.4 is 0 Å². The molecule has 0 saturated carbocycles. The fraction of sp³-hybridized carbons (Fsp3) is 0.944. The average Bonchev–Trinajstić information content (AvgIpc) is 3.60. The van der Waals surface area contributed by atoms with Crippen molar-refractivity contribution in [1.82, 2.24) is 0 Å². The van der Waals surface area contributed by atoms with E-state index in [0.29, 0.717) is 25.7 Å². The van der Waals surface area contributed by atoms with Gasteiger partial charge in [-0.3, -0.25) is 37.3 Å². The van der Waals surface area contributed by atoms with Gasteiger partial charge in [0.25, 0.3) is 0 Å². The standard InChI is InChI=1S/C72H140O17P2/c1-7-10-12-14-15-16-17-18-19-20-21-22-23-24-27-31-34-37-44-50-56-71(76)88-68(61-83-70(75)55-49-43-36-33-30-28-25-26-29-32-35-41-46-52-64(4)5)63-87-91(80,81)85-59-66(73)58-84-90(78,79)86-62-67(60-82-69(74)54-48-40-13-11-8-2)89-72(77)57-51-45-39-38-42-47-53-65(6)9-3/h64-68,73H,7-63H2,1-6H3,(H,78,79)(H,80,81)/t65?,66-,67+,68+/m0/s1. The number of carbonyl (C=O) groups excluding carboxylic acids is 4. The van der Waals surface area contributed by atoms with Crippen LogP contribution in [-0.4, -0.2) is 96.7 Å². The molecule has 19 heteroatoms. The molecular formula is C72H140O17P2. The third kappa shape index (κ3) is 65.1. The Morgan fingerprint density at radius 3 is 0.835 bits per heavy atom. The number of aliphatic hydroxyl groups is 1. The number of phosphoric ester groups is 2. The third-order valence-corrected chi connectivity index (χ3v) is 19.0. The molecule has 0 aliphatic carbocycles. The van der Waals surface area contributed by atoms with E-state index < -0.39 is 97.5 Å². The summed E-state index contributed by atoms with van der Waals surface area (Å²) in [5, 5.41) is 10.6. The van der Waals surface area contributed by atoms with E-state index in [4.69, 9.17) is 37.0 Å². The van der Waals surface area contributed by atoms with Crippen LogP contribution >= 0.6 is 15.6 Å². The van der Waals surface area contributed by atoms with Gasteiger partial charge in [0.1, 0.15) is 19.3 Å². The van der Waals surface area contributed by atoms with E-state index in [1.807, 2.05) is 0 Å². The van der Waals surface area contributed by atoms with Gasteiger partial charge in [0.05, 0.1) is 26.4 Å². The first kappa shape index (κ1) is 89.1. The van der Waals surface area contributed by atoms with Gasteiger partial charge in [0.15, 0.2) is 12.2 Å². The zero-order chi connectivity index (χ0) is 67.2. The lowest BCUT2D eigenvalue weighted by Crippen LogP contribution is -2.30. The van der Waals surface area contributed by atoms with Crippen LogP contribution in [0.4, 0.5) is 0 Å². The fourth-order valence-electron chi connectivity index (χ4n) is 10.9. The summed E-state index contributed by atoms with van der Waals surface area (Å²) < 4.78 is 68.1. The molecule has 0 amide bonds. The van der Waals surface area contributed by atoms with Gasteiger partial charge in [-0.1, -0.05) is 318 Å². The Hall–Kier alpha value is -1.94. The molecule has 3 N–H and O–H groups in total. The SMILES string of the molecule is CCCCCCCCCCCCCCCCCCCCCCC(=O)O[C@H](COC(=O)CCCCCCCCCCCCCCCC(C)C)COP(=O)(O)OC[C@@H](O)COP(=O)(O)OC[C@@H](COC(=O)CCCCCCC)OC(=O)CCCCCCCCC(C)CC. The van der Waals surface area contributed by atoms with Crippen LogP contribution in [0.3, 0.4) is 0 Å². The third-order valence-electron chi connectivity index (χ3n) is 17.1. The summed E-state index contributed by atoms with van der Waals surface area (Å²) in [6, 6.07) is 0. The van der Waals surface area contributed by atoms with Gasteiger partial charge >= 0.3 is 39.5 Å². The molecule has 0 aromatic carbocycles. The highest BCUT2D eigenvalue weighted by Crippen LogP contribution is 2.45. The molecule has 540 valence electrons. The number of hydrogen-bond donors (Lipinski definition) is 3. The number of rotatable bonds is 71. The monoisotopic (exact) mass is 1340 g/mol. The molecule has 0 saturated heterocycles. The van der Waals surface area contributed by atoms with Crippen LogP contribution in [0.2, 0.25) is 0 Å². The summed E-state index contributed by atoms with van der Waals surface area (Å²) in [6.45, 7) is 9.44. The molecule has 0 heterocycles. The quantitative estimate of drug-likeness (QED) is 0.0222. The number of ether oxygens (including phenoxy) is 4. The second kappa shape index (κ2) is 64.1. The van der Waals surface area contributed by atoms with Gasteiger partial charge in [-0.2, -0.15) is 0 Å². The van der Waals surface area contributed by atoms with E-state index in [1.165, 1.54) is 180 Å². The van der Waals surface area contributed by atoms with E-state index in [2.05, 4.69) is 41.5 Å². The summed E-state index contributed by atoms with van der Waals surface area (Å²) in [7, 11) is -9.89. The van der Waals surface area contributed by atoms with Crippen molar-refractivity contribution < 1.29 is 80.2 Å². The minimum absolute atomic E-state index is 0.102. The first-order chi connectivity index (χ1) is 43.9. The zero-order valence-electron chi connectivity index (χ0n) is 59.1. The summed E-state index contributed by atoms with van der Waals surface area (Å²) in [4.78, 5) is 72.3. The molecule has 0 aromatic rings. The Morgan fingerprint density at radius 2 is 0.560 bits per heavy atom. The molecule has 0 aliphatic rings. The van der Waals surface area contributed by atoms with Gasteiger partial charge in [0.2, 0.25) is 0 Å². The van der Waals surface area contributed by atoms with Crippen LogP contribution in [0, 0.1) is 11.8 Å². The van der Waals surface area contributed by atoms with Gasteiger partial charge in [-0.05, 0) is 37.5 Å². The van der Waals surface area contributed by atoms with Crippen molar-refractivity contribution in [3.8, 4) is 0 Å². The largest absolute Gasteiger partial charge is 0.472 e. The lowest BCUT2D eigenvalue weighted by atomic mass is 10.00. The zero-order valence-corrected chi connectivity index (χ0v) is 60.9. The van der Waals surface area contributed by atoms with Crippen molar-refractivity contribution in [3.63, 3.8) is 0 Å². The van der Waals surface area contributed by atoms with Gasteiger partial charge < -0.3 is 33.8 Å². The van der Waals surface area contributed by atoms with Crippen LogP contribution in [0.25, 0.3) is 0 Å². The van der Waals surface area contributed by atoms with Crippen molar-refractivity contribution in [1.29, 1.82) is 0 Å². The van der Waals surface area contributed by atoms with Crippen molar-refractivity contribution in [2.75, 3.05) is 39.6 Å². The summed E-state index contributed by atoms with van der Waals surface area (Å²) >= 11 is 0. The Labute approximate surface area is 556 Å². The molecule has 0 spiro atoms. The molecular weight excluding hydrogens is 1200 g/mol. The van der Waals surface area contributed by atoms with Crippen LogP contribution in [0.15, 0.2) is 0 Å². The van der Waals surface area contributed by atoms with E-state index in [0.717, 1.165) is 108 Å². The highest BCUT2D eigenvalue weighted by atomic mass is 31.2. The first-order valence-electron chi connectivity index (χ1n) is 37.5. The molecule has 3 unspecified atom stereocenters. The Balaban J connectivity index is 5.13. The van der Waals surface area contributed by atoms with E-state index in [-0.39, 0.29) is 25.7 Å². The second-order valence-electron chi connectivity index (χ2n) is 26.7. The first-order valence-corrected chi connectivity index (χ1v) is 40.5. The van der Waals surface area contributed by atoms with E-state index in [1.54, 1.807) is 0 Å². The van der Waals surface area contributed by atoms with Crippen molar-refractivity contribution in [2.24, 2.45) is 11.8 Å². The molecule has 91 heavy (non-hydrogen) atoms. The Bertz CT molecular complexity index is 1770. The molecule has 0 radical (unpaired) electrons. The van der Waals surface area contributed by atoms with Gasteiger partial charge in [0, 0.05) is 25.7 Å². The number of hydrogen-bond acceptors (Lipinski definition) is 15. The smallest absolute Gasteiger partial charge is 0.462 e. The minimum Gasteiger partial charge on any atom is -0.462 e. The lowest BCUT2D eigenvalue weighted by Gasteiger charge is -2.21. The molecule has 0 bridgehead atoms. The molecule has 17 nitrogen and oxygen atoms in total. The lowest BCUT2D eigenvalue weighted by molar-refractivity contribution is -0.161. The summed E-state index contributed by atoms with van der Waals surface area (Å²) in [6.07, 6.45) is 50.6. The maximum Gasteiger partial charge on any atom is 0.472 e. The highest BCUT2D eigenvalue weighted by molar-refractivity contribution is 7.47. The average molecular weight is 1340 g/mol. The predicted octanol–water partition coefficient (Wildman–Crippen LogP) is 20.8. The number of carbonyl (C=O) groups is 4. The predicted molar refractivity (Wildman–Crippen MR) is 368 cm³/mol. The van der Waals surface area contributed by atoms with Crippen LogP contribution in [-0.2, 0) is 65.4 Å². The van der Waals surface area contributed by atoms with E-state index in [9.17, 15) is 43.2 Å². The normalized spacial score (nSPS) is 14.4. The molecule has 0 aliphatic heterocycles. The maximum absolute atomic E-state index is 13.1.